The minimum atomic E-state index is 0.595. The fourth-order valence-corrected chi connectivity index (χ4v) is 2.86. The molecule has 0 aliphatic carbocycles. The van der Waals surface area contributed by atoms with Gasteiger partial charge in [-0.25, -0.2) is 15.0 Å². The summed E-state index contributed by atoms with van der Waals surface area (Å²) in [6.45, 7) is 9.31. The van der Waals surface area contributed by atoms with Crippen molar-refractivity contribution in [2.24, 2.45) is 0 Å². The predicted octanol–water partition coefficient (Wildman–Crippen LogP) is 4.61. The molecule has 0 fully saturated rings. The molecule has 1 aromatic carbocycles. The Morgan fingerprint density at radius 3 is 2.86 bits per heavy atom. The van der Waals surface area contributed by atoms with Crippen molar-refractivity contribution < 1.29 is 4.74 Å². The van der Waals surface area contributed by atoms with E-state index in [9.17, 15) is 0 Å². The van der Waals surface area contributed by atoms with Crippen molar-refractivity contribution in [2.45, 2.75) is 13.0 Å². The summed E-state index contributed by atoms with van der Waals surface area (Å²) in [7, 11) is 1.65. The third kappa shape index (κ3) is 5.42. The van der Waals surface area contributed by atoms with E-state index in [-0.39, 0.29) is 0 Å². The van der Waals surface area contributed by atoms with Crippen molar-refractivity contribution in [1.29, 1.82) is 0 Å². The first kappa shape index (κ1) is 20.1. The minimum absolute atomic E-state index is 0.595. The van der Waals surface area contributed by atoms with Gasteiger partial charge in [0.2, 0.25) is 0 Å². The second kappa shape index (κ2) is 10.0. The Hall–Kier alpha value is -3.67. The number of benzene rings is 1. The number of methoxy groups -OCH3 is 1. The third-order valence-corrected chi connectivity index (χ3v) is 4.33. The first-order valence-electron chi connectivity index (χ1n) is 9.42. The van der Waals surface area contributed by atoms with E-state index < -0.39 is 0 Å². The number of aromatic nitrogens is 4. The van der Waals surface area contributed by atoms with E-state index in [2.05, 4.69) is 33.0 Å². The van der Waals surface area contributed by atoms with Crippen LogP contribution in [0.3, 0.4) is 0 Å². The largest absolute Gasteiger partial charge is 0.497 e. The normalized spacial score (nSPS) is 11.1. The molecule has 0 unspecified atom stereocenters. The number of anilines is 1. The molecule has 29 heavy (non-hydrogen) atoms. The molecule has 3 rings (SSSR count). The van der Waals surface area contributed by atoms with Crippen LogP contribution in [-0.4, -0.2) is 33.2 Å². The van der Waals surface area contributed by atoms with Crippen molar-refractivity contribution in [3.63, 3.8) is 0 Å². The summed E-state index contributed by atoms with van der Waals surface area (Å²) in [4.78, 5) is 13.5. The summed E-state index contributed by atoms with van der Waals surface area (Å²) in [5, 5.41) is 3.40. The van der Waals surface area contributed by atoms with E-state index >= 15 is 0 Å². The molecule has 0 atom stereocenters. The van der Waals surface area contributed by atoms with Gasteiger partial charge in [0.1, 0.15) is 11.6 Å². The summed E-state index contributed by atoms with van der Waals surface area (Å²) in [6, 6.07) is 9.77. The average molecular weight is 387 g/mol. The summed E-state index contributed by atoms with van der Waals surface area (Å²) < 4.78 is 7.40. The highest BCUT2D eigenvalue weighted by Gasteiger charge is 2.10. The molecule has 0 spiro atoms. The van der Waals surface area contributed by atoms with Crippen LogP contribution in [0, 0.1) is 0 Å². The van der Waals surface area contributed by atoms with E-state index in [1.807, 2.05) is 48.9 Å². The van der Waals surface area contributed by atoms with Crippen molar-refractivity contribution in [1.82, 2.24) is 19.5 Å². The molecule has 0 aliphatic heterocycles. The van der Waals surface area contributed by atoms with Crippen LogP contribution in [0.1, 0.15) is 12.2 Å². The van der Waals surface area contributed by atoms with Crippen LogP contribution in [-0.2, 0) is 6.54 Å². The summed E-state index contributed by atoms with van der Waals surface area (Å²) in [5.41, 5.74) is 2.57. The predicted molar refractivity (Wildman–Crippen MR) is 118 cm³/mol. The van der Waals surface area contributed by atoms with Crippen molar-refractivity contribution in [2.75, 3.05) is 19.0 Å². The molecule has 2 heterocycles. The van der Waals surface area contributed by atoms with Crippen LogP contribution >= 0.6 is 0 Å². The lowest BCUT2D eigenvalue weighted by atomic mass is 10.1. The monoisotopic (exact) mass is 387 g/mol. The van der Waals surface area contributed by atoms with Crippen LogP contribution in [0.4, 0.5) is 5.82 Å². The van der Waals surface area contributed by atoms with Crippen molar-refractivity contribution in [3.05, 3.63) is 86.3 Å². The number of ether oxygens (including phenoxy) is 1. The summed E-state index contributed by atoms with van der Waals surface area (Å²) >= 11 is 0. The molecule has 0 saturated carbocycles. The van der Waals surface area contributed by atoms with Crippen molar-refractivity contribution in [3.8, 4) is 17.0 Å². The molecule has 6 nitrogen and oxygen atoms in total. The standard InChI is InChI=1S/C23H25N5O/c1-4-8-18(5-2)23-26-21(19-9-6-10-20(15-19)29-3)16-22(27-23)25-11-7-13-28-14-12-24-17-28/h4-6,8-10,12,14-17H,1-2,7,11,13H2,3H3,(H,25,26,27)/b18-8+. The Labute approximate surface area is 171 Å². The van der Waals surface area contributed by atoms with Gasteiger partial charge < -0.3 is 14.6 Å². The number of nitrogens with one attached hydrogen (secondary N) is 1. The number of aryl methyl sites for hydroxylation is 1. The van der Waals surface area contributed by atoms with Gasteiger partial charge in [0, 0.05) is 42.7 Å². The third-order valence-electron chi connectivity index (χ3n) is 4.33. The van der Waals surface area contributed by atoms with Gasteiger partial charge in [-0.3, -0.25) is 0 Å². The Morgan fingerprint density at radius 1 is 1.24 bits per heavy atom. The van der Waals surface area contributed by atoms with Crippen LogP contribution in [0.5, 0.6) is 5.75 Å². The topological polar surface area (TPSA) is 64.9 Å². The number of hydrogen-bond donors (Lipinski definition) is 1. The Kier molecular flexibility index (Phi) is 6.95. The molecule has 2 aromatic heterocycles. The molecule has 3 aromatic rings. The lowest BCUT2D eigenvalue weighted by Gasteiger charge is -2.11. The van der Waals surface area contributed by atoms with E-state index in [0.29, 0.717) is 5.82 Å². The highest BCUT2D eigenvalue weighted by molar-refractivity contribution is 5.74. The van der Waals surface area contributed by atoms with Crippen LogP contribution < -0.4 is 10.1 Å². The van der Waals surface area contributed by atoms with E-state index in [1.54, 1.807) is 25.5 Å². The smallest absolute Gasteiger partial charge is 0.162 e. The molecular formula is C23H25N5O. The lowest BCUT2D eigenvalue weighted by Crippen LogP contribution is -2.09. The summed E-state index contributed by atoms with van der Waals surface area (Å²) in [5.74, 6) is 2.13. The van der Waals surface area contributed by atoms with Gasteiger partial charge in [-0.05, 0) is 18.6 Å². The highest BCUT2D eigenvalue weighted by Crippen LogP contribution is 2.26. The van der Waals surface area contributed by atoms with Gasteiger partial charge in [-0.15, -0.1) is 0 Å². The molecule has 6 heteroatoms. The SMILES string of the molecule is C=C/C=C(\C=C)c1nc(NCCCn2ccnc2)cc(-c2cccc(OC)c2)n1. The fraction of sp³-hybridized carbons (Fsp3) is 0.174. The van der Waals surface area contributed by atoms with Gasteiger partial charge in [-0.1, -0.05) is 43.5 Å². The summed E-state index contributed by atoms with van der Waals surface area (Å²) in [6.07, 6.45) is 11.8. The number of hydrogen-bond acceptors (Lipinski definition) is 5. The molecule has 1 N–H and O–H groups in total. The van der Waals surface area contributed by atoms with Gasteiger partial charge in [-0.2, -0.15) is 0 Å². The Balaban J connectivity index is 1.86. The first-order chi connectivity index (χ1) is 14.2. The van der Waals surface area contributed by atoms with E-state index in [4.69, 9.17) is 9.72 Å². The molecule has 0 radical (unpaired) electrons. The van der Waals surface area contributed by atoms with Crippen LogP contribution in [0.25, 0.3) is 16.8 Å². The molecule has 0 amide bonds. The number of allylic oxidation sites excluding steroid dienone is 4. The van der Waals surface area contributed by atoms with Crippen LogP contribution in [0.15, 0.2) is 80.4 Å². The first-order valence-corrected chi connectivity index (χ1v) is 9.42. The van der Waals surface area contributed by atoms with Crippen LogP contribution in [0.2, 0.25) is 0 Å². The molecule has 0 aliphatic rings. The van der Waals surface area contributed by atoms with Gasteiger partial charge >= 0.3 is 0 Å². The Morgan fingerprint density at radius 2 is 2.14 bits per heavy atom. The number of imidazole rings is 1. The maximum atomic E-state index is 5.35. The second-order valence-electron chi connectivity index (χ2n) is 6.34. The molecular weight excluding hydrogens is 362 g/mol. The van der Waals surface area contributed by atoms with Gasteiger partial charge in [0.15, 0.2) is 5.82 Å². The fourth-order valence-electron chi connectivity index (χ4n) is 2.86. The molecule has 0 saturated heterocycles. The van der Waals surface area contributed by atoms with Crippen molar-refractivity contribution >= 4 is 11.4 Å². The number of rotatable bonds is 10. The average Bonchev–Trinajstić information content (AvgIpc) is 3.28. The van der Waals surface area contributed by atoms with E-state index in [0.717, 1.165) is 47.9 Å². The Bertz CT molecular complexity index is 992. The zero-order valence-corrected chi connectivity index (χ0v) is 16.6. The zero-order valence-electron chi connectivity index (χ0n) is 16.6. The number of nitrogens with zero attached hydrogens (tertiary/aromatic N) is 4. The van der Waals surface area contributed by atoms with E-state index in [1.165, 1.54) is 0 Å². The molecule has 0 bridgehead atoms. The van der Waals surface area contributed by atoms with Gasteiger partial charge in [0.25, 0.3) is 0 Å². The highest BCUT2D eigenvalue weighted by atomic mass is 16.5. The second-order valence-corrected chi connectivity index (χ2v) is 6.34. The quantitative estimate of drug-likeness (QED) is 0.407. The lowest BCUT2D eigenvalue weighted by molar-refractivity contribution is 0.415. The maximum absolute atomic E-state index is 5.35. The maximum Gasteiger partial charge on any atom is 0.162 e. The zero-order chi connectivity index (χ0) is 20.5. The van der Waals surface area contributed by atoms with Gasteiger partial charge in [0.05, 0.1) is 19.1 Å². The minimum Gasteiger partial charge on any atom is -0.497 e. The molecule has 148 valence electrons.